The fourth-order valence-electron chi connectivity index (χ4n) is 2.01. The van der Waals surface area contributed by atoms with Crippen molar-refractivity contribution in [2.24, 2.45) is 0 Å². The zero-order chi connectivity index (χ0) is 14.4. The highest BCUT2D eigenvalue weighted by Gasteiger charge is 2.04. The average Bonchev–Trinajstić information content (AvgIpc) is 2.44. The maximum Gasteiger partial charge on any atom is 0.224 e. The van der Waals surface area contributed by atoms with Crippen molar-refractivity contribution in [3.63, 3.8) is 0 Å². The minimum absolute atomic E-state index is 0.0239. The number of aromatic hydroxyl groups is 1. The first-order valence-corrected chi connectivity index (χ1v) is 6.78. The summed E-state index contributed by atoms with van der Waals surface area (Å²) in [4.78, 5) is 11.8. The Morgan fingerprint density at radius 3 is 2.60 bits per heavy atom. The van der Waals surface area contributed by atoms with Gasteiger partial charge in [0.2, 0.25) is 5.91 Å². The molecule has 20 heavy (non-hydrogen) atoms. The molecule has 1 amide bonds. The molecule has 0 heterocycles. The lowest BCUT2D eigenvalue weighted by Gasteiger charge is -2.07. The van der Waals surface area contributed by atoms with E-state index in [4.69, 9.17) is 0 Å². The summed E-state index contributed by atoms with van der Waals surface area (Å²) < 4.78 is 0. The summed E-state index contributed by atoms with van der Waals surface area (Å²) in [6, 6.07) is 15.3. The topological polar surface area (TPSA) is 49.3 Å². The van der Waals surface area contributed by atoms with Crippen molar-refractivity contribution in [2.75, 3.05) is 5.32 Å². The number of anilines is 1. The van der Waals surface area contributed by atoms with E-state index in [1.807, 2.05) is 25.1 Å². The lowest BCUT2D eigenvalue weighted by Crippen LogP contribution is -2.11. The molecule has 2 aromatic rings. The van der Waals surface area contributed by atoms with Gasteiger partial charge in [-0.1, -0.05) is 36.4 Å². The Balaban J connectivity index is 1.79. The fourth-order valence-corrected chi connectivity index (χ4v) is 2.01. The molecule has 0 aliphatic rings. The van der Waals surface area contributed by atoms with Crippen LogP contribution in [-0.2, 0) is 11.2 Å². The molecule has 0 aliphatic carbocycles. The number of benzene rings is 2. The van der Waals surface area contributed by atoms with E-state index in [0.29, 0.717) is 12.1 Å². The molecule has 0 unspecified atom stereocenters. The van der Waals surface area contributed by atoms with Crippen LogP contribution in [0.5, 0.6) is 5.75 Å². The minimum Gasteiger partial charge on any atom is -0.508 e. The zero-order valence-electron chi connectivity index (χ0n) is 11.6. The summed E-state index contributed by atoms with van der Waals surface area (Å²) in [5.41, 5.74) is 2.68. The Morgan fingerprint density at radius 2 is 1.90 bits per heavy atom. The third-order valence-electron chi connectivity index (χ3n) is 3.21. The van der Waals surface area contributed by atoms with Gasteiger partial charge in [-0.3, -0.25) is 4.79 Å². The molecule has 3 heteroatoms. The van der Waals surface area contributed by atoms with E-state index in [-0.39, 0.29) is 11.7 Å². The van der Waals surface area contributed by atoms with Gasteiger partial charge in [0.05, 0.1) is 0 Å². The Morgan fingerprint density at radius 1 is 1.15 bits per heavy atom. The van der Waals surface area contributed by atoms with Crippen LogP contribution in [0.3, 0.4) is 0 Å². The number of nitrogens with one attached hydrogen (secondary N) is 1. The van der Waals surface area contributed by atoms with Crippen LogP contribution in [0.4, 0.5) is 5.69 Å². The standard InChI is InChI=1S/C17H19NO2/c1-13-10-11-15(12-16(13)19)18-17(20)9-5-8-14-6-3-2-4-7-14/h2-4,6-7,10-12,19H,5,8-9H2,1H3,(H,18,20). The SMILES string of the molecule is Cc1ccc(NC(=O)CCCc2ccccc2)cc1O. The molecule has 0 aliphatic heterocycles. The maximum absolute atomic E-state index is 11.8. The Labute approximate surface area is 119 Å². The number of amides is 1. The number of carbonyl (C=O) groups is 1. The number of hydrogen-bond acceptors (Lipinski definition) is 2. The fraction of sp³-hybridized carbons (Fsp3) is 0.235. The molecule has 0 aromatic heterocycles. The largest absolute Gasteiger partial charge is 0.508 e. The van der Waals surface area contributed by atoms with Crippen molar-refractivity contribution in [1.29, 1.82) is 0 Å². The summed E-state index contributed by atoms with van der Waals surface area (Å²) in [6.45, 7) is 1.82. The highest BCUT2D eigenvalue weighted by atomic mass is 16.3. The van der Waals surface area contributed by atoms with Gasteiger partial charge >= 0.3 is 0 Å². The predicted octanol–water partition coefficient (Wildman–Crippen LogP) is 3.66. The van der Waals surface area contributed by atoms with Crippen LogP contribution < -0.4 is 5.32 Å². The first-order valence-electron chi connectivity index (χ1n) is 6.78. The number of hydrogen-bond donors (Lipinski definition) is 2. The first-order chi connectivity index (χ1) is 9.65. The van der Waals surface area contributed by atoms with Crippen LogP contribution in [0, 0.1) is 6.92 Å². The molecule has 2 rings (SSSR count). The first kappa shape index (κ1) is 14.1. The van der Waals surface area contributed by atoms with E-state index in [0.717, 1.165) is 18.4 Å². The van der Waals surface area contributed by atoms with Crippen molar-refractivity contribution in [3.05, 3.63) is 59.7 Å². The summed E-state index contributed by atoms with van der Waals surface area (Å²) in [5.74, 6) is 0.177. The quantitative estimate of drug-likeness (QED) is 0.870. The lowest BCUT2D eigenvalue weighted by atomic mass is 10.1. The normalized spacial score (nSPS) is 10.2. The molecule has 2 N–H and O–H groups in total. The highest BCUT2D eigenvalue weighted by Crippen LogP contribution is 2.21. The molecule has 104 valence electrons. The van der Waals surface area contributed by atoms with E-state index < -0.39 is 0 Å². The second-order valence-electron chi connectivity index (χ2n) is 4.89. The molecule has 0 radical (unpaired) electrons. The molecule has 0 fully saturated rings. The van der Waals surface area contributed by atoms with Crippen LogP contribution in [0.25, 0.3) is 0 Å². The highest BCUT2D eigenvalue weighted by molar-refractivity contribution is 5.90. The number of carbonyl (C=O) groups excluding carboxylic acids is 1. The van der Waals surface area contributed by atoms with Crippen LogP contribution in [0.15, 0.2) is 48.5 Å². The smallest absolute Gasteiger partial charge is 0.224 e. The third-order valence-corrected chi connectivity index (χ3v) is 3.21. The van der Waals surface area contributed by atoms with Gasteiger partial charge in [0, 0.05) is 18.2 Å². The number of rotatable bonds is 5. The molecule has 0 bridgehead atoms. The third kappa shape index (κ3) is 4.12. The van der Waals surface area contributed by atoms with Crippen LogP contribution in [0.2, 0.25) is 0 Å². The molecule has 0 saturated carbocycles. The van der Waals surface area contributed by atoms with E-state index in [2.05, 4.69) is 17.4 Å². The van der Waals surface area contributed by atoms with E-state index in [1.54, 1.807) is 18.2 Å². The summed E-state index contributed by atoms with van der Waals surface area (Å²) in [6.07, 6.45) is 2.19. The van der Waals surface area contributed by atoms with Gasteiger partial charge in [0.1, 0.15) is 5.75 Å². The van der Waals surface area contributed by atoms with E-state index in [1.165, 1.54) is 5.56 Å². The van der Waals surface area contributed by atoms with Crippen molar-refractivity contribution < 1.29 is 9.90 Å². The average molecular weight is 269 g/mol. The summed E-state index contributed by atoms with van der Waals surface area (Å²) >= 11 is 0. The monoisotopic (exact) mass is 269 g/mol. The van der Waals surface area contributed by atoms with Gasteiger partial charge in [-0.25, -0.2) is 0 Å². The summed E-state index contributed by atoms with van der Waals surface area (Å²) in [5, 5.41) is 12.4. The molecule has 3 nitrogen and oxygen atoms in total. The minimum atomic E-state index is -0.0239. The molecule has 0 spiro atoms. The second-order valence-corrected chi connectivity index (χ2v) is 4.89. The lowest BCUT2D eigenvalue weighted by molar-refractivity contribution is -0.116. The number of phenolic OH excluding ortho intramolecular Hbond substituents is 1. The van der Waals surface area contributed by atoms with E-state index in [9.17, 15) is 9.90 Å². The van der Waals surface area contributed by atoms with Gasteiger partial charge in [-0.05, 0) is 37.0 Å². The van der Waals surface area contributed by atoms with Gasteiger partial charge in [-0.15, -0.1) is 0 Å². The van der Waals surface area contributed by atoms with Gasteiger partial charge in [0.15, 0.2) is 0 Å². The molecule has 0 atom stereocenters. The van der Waals surface area contributed by atoms with E-state index >= 15 is 0 Å². The van der Waals surface area contributed by atoms with Crippen LogP contribution in [0.1, 0.15) is 24.0 Å². The van der Waals surface area contributed by atoms with Crippen LogP contribution in [-0.4, -0.2) is 11.0 Å². The Bertz CT molecular complexity index is 579. The van der Waals surface area contributed by atoms with Crippen molar-refractivity contribution >= 4 is 11.6 Å². The Hall–Kier alpha value is -2.29. The molecular formula is C17H19NO2. The number of phenols is 1. The van der Waals surface area contributed by atoms with Crippen molar-refractivity contribution in [3.8, 4) is 5.75 Å². The Kier molecular flexibility index (Phi) is 4.77. The van der Waals surface area contributed by atoms with Crippen LogP contribution >= 0.6 is 0 Å². The molecular weight excluding hydrogens is 250 g/mol. The molecule has 0 saturated heterocycles. The zero-order valence-corrected chi connectivity index (χ0v) is 11.6. The number of aryl methyl sites for hydroxylation is 2. The predicted molar refractivity (Wildman–Crippen MR) is 80.9 cm³/mol. The maximum atomic E-state index is 11.8. The summed E-state index contributed by atoms with van der Waals surface area (Å²) in [7, 11) is 0. The molecule has 2 aromatic carbocycles. The van der Waals surface area contributed by atoms with Crippen molar-refractivity contribution in [1.82, 2.24) is 0 Å². The van der Waals surface area contributed by atoms with Gasteiger partial charge in [-0.2, -0.15) is 0 Å². The van der Waals surface area contributed by atoms with Crippen molar-refractivity contribution in [2.45, 2.75) is 26.2 Å². The second kappa shape index (κ2) is 6.75. The van der Waals surface area contributed by atoms with Gasteiger partial charge in [0.25, 0.3) is 0 Å². The van der Waals surface area contributed by atoms with Gasteiger partial charge < -0.3 is 10.4 Å².